The highest BCUT2D eigenvalue weighted by Gasteiger charge is 2.40. The summed E-state index contributed by atoms with van der Waals surface area (Å²) in [5.41, 5.74) is 0.764. The molecular formula is C13H16ClNO5S. The van der Waals surface area contributed by atoms with Gasteiger partial charge in [-0.1, -0.05) is 23.7 Å². The van der Waals surface area contributed by atoms with Gasteiger partial charge in [0.05, 0.1) is 30.2 Å². The number of aliphatic hydroxyl groups is 1. The molecule has 2 rings (SSSR count). The van der Waals surface area contributed by atoms with Gasteiger partial charge in [0.2, 0.25) is 0 Å². The fourth-order valence-corrected chi connectivity index (χ4v) is 4.54. The van der Waals surface area contributed by atoms with E-state index < -0.39 is 28.0 Å². The minimum absolute atomic E-state index is 0.212. The number of benzene rings is 1. The van der Waals surface area contributed by atoms with Crippen LogP contribution in [0.5, 0.6) is 0 Å². The van der Waals surface area contributed by atoms with Crippen molar-refractivity contribution in [1.82, 2.24) is 4.90 Å². The number of rotatable bonds is 5. The van der Waals surface area contributed by atoms with E-state index in [-0.39, 0.29) is 24.6 Å². The van der Waals surface area contributed by atoms with E-state index in [0.29, 0.717) is 5.02 Å². The number of carboxylic acids is 1. The number of nitrogens with zero attached hydrogens (tertiary/aromatic N) is 1. The summed E-state index contributed by atoms with van der Waals surface area (Å²) in [4.78, 5) is 12.5. The van der Waals surface area contributed by atoms with Gasteiger partial charge in [-0.05, 0) is 17.7 Å². The Kier molecular flexibility index (Phi) is 4.88. The third kappa shape index (κ3) is 4.41. The largest absolute Gasteiger partial charge is 0.480 e. The molecule has 1 aliphatic heterocycles. The first-order valence-corrected chi connectivity index (χ1v) is 8.55. The third-order valence-electron chi connectivity index (χ3n) is 3.38. The van der Waals surface area contributed by atoms with Crippen molar-refractivity contribution in [3.63, 3.8) is 0 Å². The Hall–Kier alpha value is -1.15. The molecule has 21 heavy (non-hydrogen) atoms. The second-order valence-electron chi connectivity index (χ2n) is 5.14. The van der Waals surface area contributed by atoms with Crippen LogP contribution in [0.3, 0.4) is 0 Å². The molecule has 2 atom stereocenters. The van der Waals surface area contributed by atoms with Crippen LogP contribution in [-0.2, 0) is 21.2 Å². The summed E-state index contributed by atoms with van der Waals surface area (Å²) in [6, 6.07) is 6.17. The molecule has 0 unspecified atom stereocenters. The molecule has 6 nitrogen and oxygen atoms in total. The van der Waals surface area contributed by atoms with Crippen LogP contribution in [0.2, 0.25) is 5.02 Å². The summed E-state index contributed by atoms with van der Waals surface area (Å²) in [5.74, 6) is -1.64. The van der Waals surface area contributed by atoms with Crippen molar-refractivity contribution in [2.45, 2.75) is 18.7 Å². The Morgan fingerprint density at radius 3 is 2.62 bits per heavy atom. The van der Waals surface area contributed by atoms with Crippen LogP contribution in [-0.4, -0.2) is 59.7 Å². The lowest BCUT2D eigenvalue weighted by molar-refractivity contribution is -0.139. The summed E-state index contributed by atoms with van der Waals surface area (Å²) >= 11 is 5.89. The van der Waals surface area contributed by atoms with Crippen molar-refractivity contribution in [3.05, 3.63) is 34.9 Å². The number of carboxylic acid groups (broad SMARTS) is 1. The van der Waals surface area contributed by atoms with Crippen LogP contribution in [0.4, 0.5) is 0 Å². The number of hydrogen-bond donors (Lipinski definition) is 2. The molecule has 1 aromatic rings. The van der Waals surface area contributed by atoms with E-state index in [1.165, 1.54) is 4.90 Å². The average Bonchev–Trinajstić information content (AvgIpc) is 2.61. The van der Waals surface area contributed by atoms with Crippen LogP contribution in [0.25, 0.3) is 0 Å². The fourth-order valence-electron chi connectivity index (χ4n) is 2.49. The SMILES string of the molecule is O=C(O)CN(Cc1cccc(Cl)c1)[C@H]1CS(=O)(=O)C[C@@H]1O. The van der Waals surface area contributed by atoms with E-state index >= 15 is 0 Å². The average molecular weight is 334 g/mol. The quantitative estimate of drug-likeness (QED) is 0.809. The predicted molar refractivity (Wildman–Crippen MR) is 77.9 cm³/mol. The zero-order valence-corrected chi connectivity index (χ0v) is 12.7. The molecule has 8 heteroatoms. The molecule has 0 bridgehead atoms. The van der Waals surface area contributed by atoms with Crippen molar-refractivity contribution in [2.75, 3.05) is 18.1 Å². The van der Waals surface area contributed by atoms with Gasteiger partial charge in [-0.3, -0.25) is 9.69 Å². The van der Waals surface area contributed by atoms with E-state index in [0.717, 1.165) is 5.56 Å². The van der Waals surface area contributed by atoms with Gasteiger partial charge in [0.1, 0.15) is 0 Å². The first-order valence-electron chi connectivity index (χ1n) is 6.35. The molecule has 1 heterocycles. The Bertz CT molecular complexity index is 633. The lowest BCUT2D eigenvalue weighted by Gasteiger charge is -2.28. The van der Waals surface area contributed by atoms with Gasteiger partial charge < -0.3 is 10.2 Å². The maximum absolute atomic E-state index is 11.6. The number of carbonyl (C=O) groups is 1. The normalized spacial score (nSPS) is 24.3. The van der Waals surface area contributed by atoms with Crippen molar-refractivity contribution in [3.8, 4) is 0 Å². The van der Waals surface area contributed by atoms with E-state index in [4.69, 9.17) is 16.7 Å². The van der Waals surface area contributed by atoms with Crippen molar-refractivity contribution in [1.29, 1.82) is 0 Å². The standard InChI is InChI=1S/C13H16ClNO5S/c14-10-3-1-2-9(4-10)5-15(6-13(17)18)11-7-21(19,20)8-12(11)16/h1-4,11-12,16H,5-8H2,(H,17,18)/t11-,12-/m0/s1. The second-order valence-corrected chi connectivity index (χ2v) is 7.73. The number of hydrogen-bond acceptors (Lipinski definition) is 5. The molecule has 0 spiro atoms. The maximum Gasteiger partial charge on any atom is 0.317 e. The van der Waals surface area contributed by atoms with Gasteiger partial charge in [0.25, 0.3) is 0 Å². The summed E-state index contributed by atoms with van der Waals surface area (Å²) in [5, 5.41) is 19.4. The molecule has 0 aromatic heterocycles. The molecule has 1 aliphatic rings. The first-order chi connectivity index (χ1) is 9.77. The molecule has 0 saturated carbocycles. The Labute approximate surface area is 127 Å². The summed E-state index contributed by atoms with van der Waals surface area (Å²) in [6.07, 6.45) is -1.08. The van der Waals surface area contributed by atoms with Crippen LogP contribution in [0.15, 0.2) is 24.3 Å². The van der Waals surface area contributed by atoms with Gasteiger partial charge in [-0.15, -0.1) is 0 Å². The monoisotopic (exact) mass is 333 g/mol. The highest BCUT2D eigenvalue weighted by atomic mass is 35.5. The fraction of sp³-hybridized carbons (Fsp3) is 0.462. The summed E-state index contributed by atoms with van der Waals surface area (Å²) in [7, 11) is -3.34. The minimum Gasteiger partial charge on any atom is -0.480 e. The van der Waals surface area contributed by atoms with Crippen molar-refractivity contribution in [2.24, 2.45) is 0 Å². The zero-order valence-electron chi connectivity index (χ0n) is 11.1. The molecule has 0 radical (unpaired) electrons. The number of aliphatic carboxylic acids is 1. The van der Waals surface area contributed by atoms with E-state index in [9.17, 15) is 18.3 Å². The third-order valence-corrected chi connectivity index (χ3v) is 5.31. The van der Waals surface area contributed by atoms with Crippen molar-refractivity contribution >= 4 is 27.4 Å². The van der Waals surface area contributed by atoms with Gasteiger partial charge >= 0.3 is 5.97 Å². The van der Waals surface area contributed by atoms with Crippen LogP contribution >= 0.6 is 11.6 Å². The van der Waals surface area contributed by atoms with E-state index in [2.05, 4.69) is 0 Å². The lowest BCUT2D eigenvalue weighted by atomic mass is 10.1. The second kappa shape index (κ2) is 6.31. The van der Waals surface area contributed by atoms with Gasteiger partial charge in [0, 0.05) is 11.6 Å². The first kappa shape index (κ1) is 16.2. The molecule has 116 valence electrons. The number of halogens is 1. The molecule has 0 amide bonds. The van der Waals surface area contributed by atoms with E-state index in [1.54, 1.807) is 24.3 Å². The van der Waals surface area contributed by atoms with Crippen LogP contribution < -0.4 is 0 Å². The van der Waals surface area contributed by atoms with Crippen LogP contribution in [0.1, 0.15) is 5.56 Å². The highest BCUT2D eigenvalue weighted by molar-refractivity contribution is 7.91. The molecule has 2 N–H and O–H groups in total. The molecule has 1 aromatic carbocycles. The Balaban J connectivity index is 2.20. The Morgan fingerprint density at radius 1 is 1.38 bits per heavy atom. The smallest absolute Gasteiger partial charge is 0.317 e. The lowest BCUT2D eigenvalue weighted by Crippen LogP contribution is -2.45. The van der Waals surface area contributed by atoms with Crippen LogP contribution in [0, 0.1) is 0 Å². The molecule has 0 aliphatic carbocycles. The summed E-state index contributed by atoms with van der Waals surface area (Å²) in [6.45, 7) is -0.131. The molecule has 1 fully saturated rings. The van der Waals surface area contributed by atoms with Crippen molar-refractivity contribution < 1.29 is 23.4 Å². The van der Waals surface area contributed by atoms with E-state index in [1.807, 2.05) is 0 Å². The number of aliphatic hydroxyl groups excluding tert-OH is 1. The Morgan fingerprint density at radius 2 is 2.10 bits per heavy atom. The zero-order chi connectivity index (χ0) is 15.6. The molecular weight excluding hydrogens is 318 g/mol. The predicted octanol–water partition coefficient (Wildman–Crippen LogP) is 0.385. The molecule has 1 saturated heterocycles. The highest BCUT2D eigenvalue weighted by Crippen LogP contribution is 2.21. The maximum atomic E-state index is 11.6. The summed E-state index contributed by atoms with van der Waals surface area (Å²) < 4.78 is 23.2. The minimum atomic E-state index is -3.34. The van der Waals surface area contributed by atoms with Gasteiger partial charge in [-0.2, -0.15) is 0 Å². The van der Waals surface area contributed by atoms with Gasteiger partial charge in [-0.25, -0.2) is 8.42 Å². The topological polar surface area (TPSA) is 94.9 Å². The van der Waals surface area contributed by atoms with Gasteiger partial charge in [0.15, 0.2) is 9.84 Å². The number of sulfone groups is 1.